The molecule has 0 saturated carbocycles. The van der Waals surface area contributed by atoms with E-state index in [9.17, 15) is 0 Å². The molecule has 0 bridgehead atoms. The highest BCUT2D eigenvalue weighted by Gasteiger charge is 1.97. The van der Waals surface area contributed by atoms with Crippen molar-refractivity contribution >= 4 is 15.9 Å². The van der Waals surface area contributed by atoms with Crippen LogP contribution < -0.4 is 4.74 Å². The van der Waals surface area contributed by atoms with E-state index < -0.39 is 0 Å². The number of nitriles is 1. The van der Waals surface area contributed by atoms with E-state index in [1.807, 2.05) is 48.5 Å². The Morgan fingerprint density at radius 1 is 0.944 bits per heavy atom. The molecular formula is C15H12BrNO. The fourth-order valence-corrected chi connectivity index (χ4v) is 1.81. The van der Waals surface area contributed by atoms with Crippen LogP contribution in [0.3, 0.4) is 0 Å². The van der Waals surface area contributed by atoms with Crippen LogP contribution in [0.15, 0.2) is 53.0 Å². The third-order valence-electron chi connectivity index (χ3n) is 2.53. The Balaban J connectivity index is 1.94. The summed E-state index contributed by atoms with van der Waals surface area (Å²) in [6, 6.07) is 17.8. The van der Waals surface area contributed by atoms with E-state index in [4.69, 9.17) is 10.00 Å². The van der Waals surface area contributed by atoms with Crippen LogP contribution in [0.5, 0.6) is 5.75 Å². The zero-order chi connectivity index (χ0) is 12.8. The molecule has 0 aliphatic carbocycles. The van der Waals surface area contributed by atoms with Crippen LogP contribution in [0.25, 0.3) is 0 Å². The Morgan fingerprint density at radius 3 is 2.17 bits per heavy atom. The molecule has 0 unspecified atom stereocenters. The zero-order valence-corrected chi connectivity index (χ0v) is 11.4. The van der Waals surface area contributed by atoms with Gasteiger partial charge in [-0.15, -0.1) is 0 Å². The van der Waals surface area contributed by atoms with Gasteiger partial charge in [0.2, 0.25) is 0 Å². The van der Waals surface area contributed by atoms with Gasteiger partial charge < -0.3 is 4.74 Å². The third kappa shape index (κ3) is 3.61. The van der Waals surface area contributed by atoms with E-state index in [0.29, 0.717) is 13.0 Å². The summed E-state index contributed by atoms with van der Waals surface area (Å²) in [4.78, 5) is 0. The molecule has 2 rings (SSSR count). The maximum absolute atomic E-state index is 8.58. The van der Waals surface area contributed by atoms with Crippen LogP contribution in [0.2, 0.25) is 0 Å². The Morgan fingerprint density at radius 2 is 1.56 bits per heavy atom. The van der Waals surface area contributed by atoms with Crippen molar-refractivity contribution in [3.8, 4) is 11.8 Å². The standard InChI is InChI=1S/C15H12BrNO/c16-14-5-1-13(2-6-14)11-18-15-7-3-12(4-8-15)9-10-17/h1-8H,9,11H2. The van der Waals surface area contributed by atoms with Crippen molar-refractivity contribution in [3.05, 3.63) is 64.1 Å². The molecular weight excluding hydrogens is 290 g/mol. The van der Waals surface area contributed by atoms with Gasteiger partial charge in [0.15, 0.2) is 0 Å². The molecule has 0 amide bonds. The third-order valence-corrected chi connectivity index (χ3v) is 3.05. The number of benzene rings is 2. The molecule has 0 fully saturated rings. The summed E-state index contributed by atoms with van der Waals surface area (Å²) in [5, 5.41) is 8.58. The summed E-state index contributed by atoms with van der Waals surface area (Å²) in [5.41, 5.74) is 2.13. The molecule has 0 aromatic heterocycles. The monoisotopic (exact) mass is 301 g/mol. The molecule has 0 N–H and O–H groups in total. The van der Waals surface area contributed by atoms with Gasteiger partial charge in [0.05, 0.1) is 12.5 Å². The fourth-order valence-electron chi connectivity index (χ4n) is 1.54. The van der Waals surface area contributed by atoms with Crippen molar-refractivity contribution in [1.29, 1.82) is 5.26 Å². The van der Waals surface area contributed by atoms with E-state index in [-0.39, 0.29) is 0 Å². The van der Waals surface area contributed by atoms with Crippen molar-refractivity contribution in [2.24, 2.45) is 0 Å². The van der Waals surface area contributed by atoms with E-state index in [1.54, 1.807) is 0 Å². The normalized spacial score (nSPS) is 9.78. The van der Waals surface area contributed by atoms with Crippen molar-refractivity contribution in [3.63, 3.8) is 0 Å². The molecule has 0 saturated heterocycles. The molecule has 0 aliphatic rings. The van der Waals surface area contributed by atoms with Gasteiger partial charge in [0.25, 0.3) is 0 Å². The Hall–Kier alpha value is -1.79. The van der Waals surface area contributed by atoms with Gasteiger partial charge in [0.1, 0.15) is 12.4 Å². The predicted molar refractivity (Wildman–Crippen MR) is 74.2 cm³/mol. The molecule has 2 aromatic rings. The summed E-state index contributed by atoms with van der Waals surface area (Å²) in [6.45, 7) is 0.547. The van der Waals surface area contributed by atoms with Crippen LogP contribution in [0, 0.1) is 11.3 Å². The van der Waals surface area contributed by atoms with Crippen molar-refractivity contribution in [2.75, 3.05) is 0 Å². The Kier molecular flexibility index (Phi) is 4.38. The summed E-state index contributed by atoms with van der Waals surface area (Å²) in [6.07, 6.45) is 0.437. The quantitative estimate of drug-likeness (QED) is 0.852. The Bertz CT molecular complexity index is 540. The zero-order valence-electron chi connectivity index (χ0n) is 9.77. The SMILES string of the molecule is N#CCc1ccc(OCc2ccc(Br)cc2)cc1. The minimum absolute atomic E-state index is 0.437. The summed E-state index contributed by atoms with van der Waals surface area (Å²) < 4.78 is 6.73. The summed E-state index contributed by atoms with van der Waals surface area (Å²) in [5.74, 6) is 0.819. The maximum Gasteiger partial charge on any atom is 0.119 e. The molecule has 2 nitrogen and oxygen atoms in total. The molecule has 18 heavy (non-hydrogen) atoms. The first kappa shape index (κ1) is 12.7. The first-order valence-electron chi connectivity index (χ1n) is 5.61. The molecule has 0 atom stereocenters. The number of hydrogen-bond donors (Lipinski definition) is 0. The lowest BCUT2D eigenvalue weighted by atomic mass is 10.2. The molecule has 0 spiro atoms. The van der Waals surface area contributed by atoms with Gasteiger partial charge >= 0.3 is 0 Å². The maximum atomic E-state index is 8.58. The summed E-state index contributed by atoms with van der Waals surface area (Å²) >= 11 is 3.40. The lowest BCUT2D eigenvalue weighted by molar-refractivity contribution is 0.306. The highest BCUT2D eigenvalue weighted by atomic mass is 79.9. The largest absolute Gasteiger partial charge is 0.489 e. The molecule has 3 heteroatoms. The number of halogens is 1. The minimum Gasteiger partial charge on any atom is -0.489 e. The first-order valence-corrected chi connectivity index (χ1v) is 6.40. The van der Waals surface area contributed by atoms with Gasteiger partial charge in [0, 0.05) is 4.47 Å². The second-order valence-electron chi connectivity index (χ2n) is 3.89. The lowest BCUT2D eigenvalue weighted by Gasteiger charge is -2.06. The topological polar surface area (TPSA) is 33.0 Å². The highest BCUT2D eigenvalue weighted by Crippen LogP contribution is 2.16. The van der Waals surface area contributed by atoms with Crippen LogP contribution >= 0.6 is 15.9 Å². The first-order chi connectivity index (χ1) is 8.78. The highest BCUT2D eigenvalue weighted by molar-refractivity contribution is 9.10. The number of hydrogen-bond acceptors (Lipinski definition) is 2. The molecule has 90 valence electrons. The molecule has 2 aromatic carbocycles. The smallest absolute Gasteiger partial charge is 0.119 e. The number of ether oxygens (including phenoxy) is 1. The van der Waals surface area contributed by atoms with Crippen LogP contribution in [0.4, 0.5) is 0 Å². The van der Waals surface area contributed by atoms with Gasteiger partial charge in [-0.1, -0.05) is 40.2 Å². The van der Waals surface area contributed by atoms with Crippen molar-refractivity contribution < 1.29 is 4.74 Å². The van der Waals surface area contributed by atoms with E-state index in [1.165, 1.54) is 0 Å². The second-order valence-corrected chi connectivity index (χ2v) is 4.81. The molecule has 0 aliphatic heterocycles. The molecule has 0 radical (unpaired) electrons. The predicted octanol–water partition coefficient (Wildman–Crippen LogP) is 4.09. The average molecular weight is 302 g/mol. The number of nitrogens with zero attached hydrogens (tertiary/aromatic N) is 1. The van der Waals surface area contributed by atoms with Crippen LogP contribution in [-0.4, -0.2) is 0 Å². The van der Waals surface area contributed by atoms with Gasteiger partial charge in [-0.2, -0.15) is 5.26 Å². The van der Waals surface area contributed by atoms with Gasteiger partial charge in [-0.3, -0.25) is 0 Å². The average Bonchev–Trinajstić information content (AvgIpc) is 2.40. The molecule has 0 heterocycles. The lowest BCUT2D eigenvalue weighted by Crippen LogP contribution is -1.95. The van der Waals surface area contributed by atoms with Gasteiger partial charge in [-0.25, -0.2) is 0 Å². The fraction of sp³-hybridized carbons (Fsp3) is 0.133. The van der Waals surface area contributed by atoms with Crippen LogP contribution in [0.1, 0.15) is 11.1 Å². The Labute approximate surface area is 115 Å². The number of rotatable bonds is 4. The van der Waals surface area contributed by atoms with Gasteiger partial charge in [-0.05, 0) is 35.4 Å². The van der Waals surface area contributed by atoms with Crippen LogP contribution in [-0.2, 0) is 13.0 Å². The second kappa shape index (κ2) is 6.23. The van der Waals surface area contributed by atoms with E-state index >= 15 is 0 Å². The van der Waals surface area contributed by atoms with E-state index in [0.717, 1.165) is 21.3 Å². The minimum atomic E-state index is 0.437. The van der Waals surface area contributed by atoms with Crippen molar-refractivity contribution in [1.82, 2.24) is 0 Å². The van der Waals surface area contributed by atoms with E-state index in [2.05, 4.69) is 22.0 Å². The van der Waals surface area contributed by atoms with Crippen molar-refractivity contribution in [2.45, 2.75) is 13.0 Å². The summed E-state index contributed by atoms with van der Waals surface area (Å²) in [7, 11) is 0.